The van der Waals surface area contributed by atoms with Crippen LogP contribution in [0.2, 0.25) is 0 Å². The Morgan fingerprint density at radius 2 is 2.00 bits per heavy atom. The number of rotatable bonds is 3. The predicted octanol–water partition coefficient (Wildman–Crippen LogP) is 3.86. The van der Waals surface area contributed by atoms with Crippen molar-refractivity contribution < 1.29 is 13.9 Å². The minimum atomic E-state index is -0.431. The van der Waals surface area contributed by atoms with Gasteiger partial charge in [-0.05, 0) is 65.5 Å². The van der Waals surface area contributed by atoms with Crippen LogP contribution in [0.1, 0.15) is 65.2 Å². The molecule has 1 amide bonds. The Morgan fingerprint density at radius 3 is 2.52 bits per heavy atom. The molecule has 2 bridgehead atoms. The lowest BCUT2D eigenvalue weighted by Crippen LogP contribution is -2.52. The lowest BCUT2D eigenvalue weighted by atomic mass is 9.97. The van der Waals surface area contributed by atoms with Crippen LogP contribution in [0, 0.1) is 0 Å². The normalized spacial score (nSPS) is 28.7. The van der Waals surface area contributed by atoms with E-state index in [9.17, 15) is 4.79 Å². The second kappa shape index (κ2) is 6.19. The first-order valence-corrected chi connectivity index (χ1v) is 8.64. The van der Waals surface area contributed by atoms with Crippen molar-refractivity contribution in [1.29, 1.82) is 0 Å². The Balaban J connectivity index is 1.59. The number of carbonyl (C=O) groups excluding carboxylic acids is 1. The summed E-state index contributed by atoms with van der Waals surface area (Å²) in [7, 11) is 0. The summed E-state index contributed by atoms with van der Waals surface area (Å²) in [6.07, 6.45) is 5.70. The molecule has 1 N–H and O–H groups in total. The van der Waals surface area contributed by atoms with Crippen molar-refractivity contribution in [2.24, 2.45) is 0 Å². The van der Waals surface area contributed by atoms with Gasteiger partial charge in [-0.1, -0.05) is 0 Å². The molecule has 0 aliphatic carbocycles. The molecule has 5 heteroatoms. The third kappa shape index (κ3) is 3.71. The van der Waals surface area contributed by atoms with Crippen molar-refractivity contribution in [2.45, 2.75) is 83.1 Å². The largest absolute Gasteiger partial charge is 0.468 e. The molecule has 23 heavy (non-hydrogen) atoms. The van der Waals surface area contributed by atoms with Gasteiger partial charge in [0.05, 0.1) is 12.3 Å². The summed E-state index contributed by atoms with van der Waals surface area (Å²) >= 11 is 0. The van der Waals surface area contributed by atoms with Gasteiger partial charge in [-0.25, -0.2) is 4.79 Å². The van der Waals surface area contributed by atoms with Gasteiger partial charge >= 0.3 is 6.09 Å². The first-order valence-electron chi connectivity index (χ1n) is 8.64. The summed E-state index contributed by atoms with van der Waals surface area (Å²) in [6, 6.07) is 5.13. The summed E-state index contributed by atoms with van der Waals surface area (Å²) < 4.78 is 11.1. The monoisotopic (exact) mass is 320 g/mol. The quantitative estimate of drug-likeness (QED) is 0.919. The van der Waals surface area contributed by atoms with Crippen molar-refractivity contribution >= 4 is 6.09 Å². The van der Waals surface area contributed by atoms with Gasteiger partial charge in [-0.15, -0.1) is 0 Å². The fourth-order valence-electron chi connectivity index (χ4n) is 3.90. The molecule has 2 fully saturated rings. The zero-order valence-electron chi connectivity index (χ0n) is 14.5. The number of nitrogens with one attached hydrogen (secondary N) is 1. The number of amides is 1. The number of ether oxygens (including phenoxy) is 1. The molecule has 5 nitrogen and oxygen atoms in total. The maximum Gasteiger partial charge on any atom is 0.410 e. The highest BCUT2D eigenvalue weighted by atomic mass is 16.6. The summed E-state index contributed by atoms with van der Waals surface area (Å²) in [4.78, 5) is 14.4. The maximum absolute atomic E-state index is 12.5. The highest BCUT2D eigenvalue weighted by Gasteiger charge is 2.45. The molecule has 2 unspecified atom stereocenters. The van der Waals surface area contributed by atoms with Crippen LogP contribution in [0.15, 0.2) is 22.8 Å². The number of nitrogens with zero attached hydrogens (tertiary/aromatic N) is 1. The second-order valence-electron chi connectivity index (χ2n) is 7.84. The van der Waals surface area contributed by atoms with Crippen LogP contribution in [0.4, 0.5) is 4.79 Å². The van der Waals surface area contributed by atoms with Crippen LogP contribution in [-0.2, 0) is 4.74 Å². The van der Waals surface area contributed by atoms with Gasteiger partial charge in [0, 0.05) is 18.1 Å². The Hall–Kier alpha value is -1.49. The molecule has 1 aromatic heterocycles. The van der Waals surface area contributed by atoms with Gasteiger partial charge in [0.15, 0.2) is 0 Å². The van der Waals surface area contributed by atoms with E-state index in [-0.39, 0.29) is 12.1 Å². The fourth-order valence-corrected chi connectivity index (χ4v) is 3.90. The molecule has 2 aliphatic rings. The molecule has 1 aromatic rings. The van der Waals surface area contributed by atoms with E-state index in [0.717, 1.165) is 31.4 Å². The number of piperidine rings is 1. The van der Waals surface area contributed by atoms with Crippen LogP contribution < -0.4 is 5.32 Å². The number of fused-ring (bicyclic) bond motifs is 2. The second-order valence-corrected chi connectivity index (χ2v) is 7.84. The van der Waals surface area contributed by atoms with Gasteiger partial charge < -0.3 is 19.4 Å². The van der Waals surface area contributed by atoms with Crippen LogP contribution >= 0.6 is 0 Å². The predicted molar refractivity (Wildman–Crippen MR) is 88.2 cm³/mol. The first kappa shape index (κ1) is 16.4. The van der Waals surface area contributed by atoms with Gasteiger partial charge in [-0.3, -0.25) is 0 Å². The Labute approximate surface area is 138 Å². The van der Waals surface area contributed by atoms with Gasteiger partial charge in [0.2, 0.25) is 0 Å². The Kier molecular flexibility index (Phi) is 4.41. The van der Waals surface area contributed by atoms with Crippen LogP contribution in [0.3, 0.4) is 0 Å². The van der Waals surface area contributed by atoms with Crippen molar-refractivity contribution in [3.63, 3.8) is 0 Å². The van der Waals surface area contributed by atoms with E-state index in [1.54, 1.807) is 6.26 Å². The van der Waals surface area contributed by atoms with E-state index in [4.69, 9.17) is 9.15 Å². The molecule has 0 spiro atoms. The Morgan fingerprint density at radius 1 is 1.35 bits per heavy atom. The van der Waals surface area contributed by atoms with Gasteiger partial charge in [0.1, 0.15) is 11.4 Å². The maximum atomic E-state index is 12.5. The third-order valence-corrected chi connectivity index (χ3v) is 4.79. The number of carbonyl (C=O) groups is 1. The Bertz CT molecular complexity index is 521. The van der Waals surface area contributed by atoms with Crippen molar-refractivity contribution in [1.82, 2.24) is 10.2 Å². The average molecular weight is 320 g/mol. The molecular formula is C18H28N2O3. The van der Waals surface area contributed by atoms with Gasteiger partial charge in [-0.2, -0.15) is 0 Å². The molecule has 2 aliphatic heterocycles. The minimum Gasteiger partial charge on any atom is -0.468 e. The van der Waals surface area contributed by atoms with E-state index in [0.29, 0.717) is 18.1 Å². The van der Waals surface area contributed by atoms with Crippen LogP contribution in [-0.4, -0.2) is 34.7 Å². The SMILES string of the molecule is C[C@H](NC1CC2CCC(C1)N2C(=O)OC(C)(C)C)c1ccco1. The number of hydrogen-bond donors (Lipinski definition) is 1. The van der Waals surface area contributed by atoms with E-state index >= 15 is 0 Å². The third-order valence-electron chi connectivity index (χ3n) is 4.79. The zero-order chi connectivity index (χ0) is 16.6. The molecule has 3 atom stereocenters. The van der Waals surface area contributed by atoms with Crippen molar-refractivity contribution in [2.75, 3.05) is 0 Å². The summed E-state index contributed by atoms with van der Waals surface area (Å²) in [5, 5.41) is 3.66. The van der Waals surface area contributed by atoms with E-state index in [2.05, 4.69) is 12.2 Å². The van der Waals surface area contributed by atoms with E-state index < -0.39 is 5.60 Å². The smallest absolute Gasteiger partial charge is 0.410 e. The average Bonchev–Trinajstić information content (AvgIpc) is 3.04. The lowest BCUT2D eigenvalue weighted by Gasteiger charge is -2.40. The molecule has 0 radical (unpaired) electrons. The molecular weight excluding hydrogens is 292 g/mol. The minimum absolute atomic E-state index is 0.150. The number of hydrogen-bond acceptors (Lipinski definition) is 4. The van der Waals surface area contributed by atoms with Crippen molar-refractivity contribution in [3.05, 3.63) is 24.2 Å². The standard InChI is InChI=1S/C18H28N2O3/c1-12(16-6-5-9-22-16)19-13-10-14-7-8-15(11-13)20(14)17(21)23-18(2,3)4/h5-6,9,12-15,19H,7-8,10-11H2,1-4H3/t12-,13?,14?,15?/m0/s1. The van der Waals surface area contributed by atoms with E-state index in [1.807, 2.05) is 37.8 Å². The lowest BCUT2D eigenvalue weighted by molar-refractivity contribution is 0.00424. The van der Waals surface area contributed by atoms with Crippen molar-refractivity contribution in [3.8, 4) is 0 Å². The molecule has 0 aromatic carbocycles. The molecule has 0 saturated carbocycles. The number of furan rings is 1. The zero-order valence-corrected chi connectivity index (χ0v) is 14.5. The topological polar surface area (TPSA) is 54.7 Å². The molecule has 3 heterocycles. The van der Waals surface area contributed by atoms with Crippen LogP contribution in [0.25, 0.3) is 0 Å². The van der Waals surface area contributed by atoms with E-state index in [1.165, 1.54) is 0 Å². The summed E-state index contributed by atoms with van der Waals surface area (Å²) in [5.41, 5.74) is -0.431. The highest BCUT2D eigenvalue weighted by molar-refractivity contribution is 5.69. The fraction of sp³-hybridized carbons (Fsp3) is 0.722. The molecule has 128 valence electrons. The summed E-state index contributed by atoms with van der Waals surface area (Å²) in [6.45, 7) is 7.89. The van der Waals surface area contributed by atoms with Gasteiger partial charge in [0.25, 0.3) is 0 Å². The summed E-state index contributed by atoms with van der Waals surface area (Å²) in [5.74, 6) is 0.965. The highest BCUT2D eigenvalue weighted by Crippen LogP contribution is 2.37. The molecule has 3 rings (SSSR count). The van der Waals surface area contributed by atoms with Crippen LogP contribution in [0.5, 0.6) is 0 Å². The molecule has 2 saturated heterocycles. The first-order chi connectivity index (χ1) is 10.8.